The number of hydrazine groups is 1. The summed E-state index contributed by atoms with van der Waals surface area (Å²) in [6.45, 7) is 0. The van der Waals surface area contributed by atoms with Crippen LogP contribution in [0, 0.1) is 0 Å². The molecule has 1 aromatic heterocycles. The second-order valence-electron chi connectivity index (χ2n) is 3.80. The van der Waals surface area contributed by atoms with Crippen molar-refractivity contribution in [3.63, 3.8) is 0 Å². The average Bonchev–Trinajstić information content (AvgIpc) is 2.38. The minimum absolute atomic E-state index is 0.00565. The zero-order valence-electron chi connectivity index (χ0n) is 9.31. The van der Waals surface area contributed by atoms with Gasteiger partial charge in [-0.05, 0) is 35.7 Å². The number of hydrogen-bond donors (Lipinski definition) is 2. The third-order valence-corrected chi connectivity index (χ3v) is 3.02. The number of nitrogens with zero attached hydrogens (tertiary/aromatic N) is 1. The molecule has 0 amide bonds. The van der Waals surface area contributed by atoms with E-state index >= 15 is 0 Å². The van der Waals surface area contributed by atoms with Crippen LogP contribution < -0.4 is 11.3 Å². The predicted octanol–water partition coefficient (Wildman–Crippen LogP) is 2.48. The van der Waals surface area contributed by atoms with E-state index in [0.29, 0.717) is 0 Å². The Morgan fingerprint density at radius 3 is 2.53 bits per heavy atom. The maximum absolute atomic E-state index is 6.16. The van der Waals surface area contributed by atoms with Crippen LogP contribution >= 0.6 is 11.6 Å². The number of nitrogens with two attached hydrogens (primary N) is 1. The summed E-state index contributed by atoms with van der Waals surface area (Å²) in [5, 5.41) is 0.726. The number of benzene rings is 1. The van der Waals surface area contributed by atoms with Crippen molar-refractivity contribution >= 4 is 11.6 Å². The van der Waals surface area contributed by atoms with E-state index in [9.17, 15) is 0 Å². The Bertz CT molecular complexity index is 473. The predicted molar refractivity (Wildman–Crippen MR) is 69.5 cm³/mol. The quantitative estimate of drug-likeness (QED) is 0.645. The van der Waals surface area contributed by atoms with Crippen LogP contribution in [0.5, 0.6) is 0 Å². The van der Waals surface area contributed by atoms with E-state index in [0.717, 1.165) is 17.0 Å². The van der Waals surface area contributed by atoms with Crippen molar-refractivity contribution in [3.05, 3.63) is 64.9 Å². The number of rotatable bonds is 4. The molecule has 3 nitrogen and oxygen atoms in total. The van der Waals surface area contributed by atoms with Gasteiger partial charge in [-0.2, -0.15) is 0 Å². The molecule has 17 heavy (non-hydrogen) atoms. The molecule has 0 saturated heterocycles. The fourth-order valence-corrected chi connectivity index (χ4v) is 2.04. The molecule has 2 aromatic rings. The van der Waals surface area contributed by atoms with Gasteiger partial charge in [0.25, 0.3) is 0 Å². The van der Waals surface area contributed by atoms with Gasteiger partial charge in [-0.15, -0.1) is 0 Å². The van der Waals surface area contributed by atoms with Gasteiger partial charge in [0.2, 0.25) is 0 Å². The number of aromatic nitrogens is 1. The molecule has 3 N–H and O–H groups in total. The number of pyridine rings is 1. The molecule has 1 aromatic carbocycles. The first-order valence-corrected chi connectivity index (χ1v) is 5.78. The Morgan fingerprint density at radius 1 is 1.18 bits per heavy atom. The van der Waals surface area contributed by atoms with Crippen LogP contribution in [0.25, 0.3) is 0 Å². The van der Waals surface area contributed by atoms with Crippen LogP contribution in [0.4, 0.5) is 0 Å². The highest BCUT2D eigenvalue weighted by atomic mass is 35.5. The van der Waals surface area contributed by atoms with Crippen LogP contribution in [-0.4, -0.2) is 4.98 Å². The standard InChI is InChI=1S/C13H14ClN3/c14-12-4-2-1-3-11(12)13(17-15)9-10-5-7-16-8-6-10/h1-8,13,17H,9,15H2. The van der Waals surface area contributed by atoms with Crippen LogP contribution in [0.1, 0.15) is 17.2 Å². The molecular formula is C13H14ClN3. The van der Waals surface area contributed by atoms with Gasteiger partial charge in [-0.25, -0.2) is 0 Å². The highest BCUT2D eigenvalue weighted by Gasteiger charge is 2.13. The van der Waals surface area contributed by atoms with Gasteiger partial charge in [0, 0.05) is 17.4 Å². The Morgan fingerprint density at radius 2 is 1.88 bits per heavy atom. The highest BCUT2D eigenvalue weighted by molar-refractivity contribution is 6.31. The van der Waals surface area contributed by atoms with Crippen molar-refractivity contribution in [2.45, 2.75) is 12.5 Å². The van der Waals surface area contributed by atoms with E-state index in [1.54, 1.807) is 12.4 Å². The fraction of sp³-hybridized carbons (Fsp3) is 0.154. The highest BCUT2D eigenvalue weighted by Crippen LogP contribution is 2.24. The van der Waals surface area contributed by atoms with E-state index < -0.39 is 0 Å². The summed E-state index contributed by atoms with van der Waals surface area (Å²) < 4.78 is 0. The lowest BCUT2D eigenvalue weighted by Crippen LogP contribution is -2.29. The summed E-state index contributed by atoms with van der Waals surface area (Å²) in [7, 11) is 0. The monoisotopic (exact) mass is 247 g/mol. The van der Waals surface area contributed by atoms with E-state index in [2.05, 4.69) is 10.4 Å². The van der Waals surface area contributed by atoms with Crippen molar-refractivity contribution < 1.29 is 0 Å². The largest absolute Gasteiger partial charge is 0.271 e. The molecular weight excluding hydrogens is 234 g/mol. The first kappa shape index (κ1) is 12.0. The lowest BCUT2D eigenvalue weighted by molar-refractivity contribution is 0.552. The van der Waals surface area contributed by atoms with Gasteiger partial charge < -0.3 is 0 Å². The minimum atomic E-state index is 0.00565. The van der Waals surface area contributed by atoms with Crippen molar-refractivity contribution in [1.82, 2.24) is 10.4 Å². The molecule has 1 heterocycles. The van der Waals surface area contributed by atoms with Gasteiger partial charge in [0.15, 0.2) is 0 Å². The summed E-state index contributed by atoms with van der Waals surface area (Å²) in [5.74, 6) is 5.60. The van der Waals surface area contributed by atoms with Gasteiger partial charge in [-0.3, -0.25) is 16.3 Å². The lowest BCUT2D eigenvalue weighted by atomic mass is 10.0. The molecule has 0 spiro atoms. The van der Waals surface area contributed by atoms with Gasteiger partial charge in [0.05, 0.1) is 6.04 Å². The van der Waals surface area contributed by atoms with Crippen molar-refractivity contribution in [2.24, 2.45) is 5.84 Å². The van der Waals surface area contributed by atoms with Crippen molar-refractivity contribution in [3.8, 4) is 0 Å². The summed E-state index contributed by atoms with van der Waals surface area (Å²) in [6.07, 6.45) is 4.33. The second-order valence-corrected chi connectivity index (χ2v) is 4.21. The molecule has 1 atom stereocenters. The first-order valence-electron chi connectivity index (χ1n) is 5.40. The summed E-state index contributed by atoms with van der Waals surface area (Å²) in [6, 6.07) is 11.7. The molecule has 0 radical (unpaired) electrons. The topological polar surface area (TPSA) is 50.9 Å². The van der Waals surface area contributed by atoms with E-state index in [1.165, 1.54) is 5.56 Å². The molecule has 0 fully saturated rings. The minimum Gasteiger partial charge on any atom is -0.271 e. The molecule has 88 valence electrons. The Labute approximate surface area is 106 Å². The number of hydrogen-bond acceptors (Lipinski definition) is 3. The molecule has 0 aliphatic carbocycles. The summed E-state index contributed by atoms with van der Waals surface area (Å²) in [4.78, 5) is 3.99. The fourth-order valence-electron chi connectivity index (χ4n) is 1.77. The zero-order valence-corrected chi connectivity index (χ0v) is 10.1. The molecule has 0 bridgehead atoms. The molecule has 0 saturated carbocycles. The SMILES string of the molecule is NNC(Cc1ccncc1)c1ccccc1Cl. The van der Waals surface area contributed by atoms with Gasteiger partial charge in [-0.1, -0.05) is 29.8 Å². The number of nitrogens with one attached hydrogen (secondary N) is 1. The molecule has 4 heteroatoms. The van der Waals surface area contributed by atoms with E-state index in [1.807, 2.05) is 36.4 Å². The molecule has 2 rings (SSSR count). The second kappa shape index (κ2) is 5.77. The zero-order chi connectivity index (χ0) is 12.1. The van der Waals surface area contributed by atoms with Crippen LogP contribution in [0.3, 0.4) is 0 Å². The smallest absolute Gasteiger partial charge is 0.0515 e. The number of halogens is 1. The third kappa shape index (κ3) is 3.03. The Hall–Kier alpha value is -1.42. The van der Waals surface area contributed by atoms with Crippen LogP contribution in [0.15, 0.2) is 48.8 Å². The van der Waals surface area contributed by atoms with Crippen LogP contribution in [-0.2, 0) is 6.42 Å². The lowest BCUT2D eigenvalue weighted by Gasteiger charge is -2.17. The normalized spacial score (nSPS) is 12.4. The van der Waals surface area contributed by atoms with Gasteiger partial charge in [0.1, 0.15) is 0 Å². The molecule has 1 unspecified atom stereocenters. The average molecular weight is 248 g/mol. The van der Waals surface area contributed by atoms with Crippen molar-refractivity contribution in [2.75, 3.05) is 0 Å². The Balaban J connectivity index is 2.21. The van der Waals surface area contributed by atoms with Crippen LogP contribution in [0.2, 0.25) is 5.02 Å². The third-order valence-electron chi connectivity index (χ3n) is 2.67. The van der Waals surface area contributed by atoms with E-state index in [-0.39, 0.29) is 6.04 Å². The first-order chi connectivity index (χ1) is 8.31. The summed E-state index contributed by atoms with van der Waals surface area (Å²) in [5.41, 5.74) is 4.98. The van der Waals surface area contributed by atoms with Crippen molar-refractivity contribution in [1.29, 1.82) is 0 Å². The maximum atomic E-state index is 6.16. The van der Waals surface area contributed by atoms with Gasteiger partial charge >= 0.3 is 0 Å². The molecule has 0 aliphatic heterocycles. The van der Waals surface area contributed by atoms with E-state index in [4.69, 9.17) is 17.4 Å². The molecule has 0 aliphatic rings. The Kier molecular flexibility index (Phi) is 4.09. The summed E-state index contributed by atoms with van der Waals surface area (Å²) >= 11 is 6.16. The maximum Gasteiger partial charge on any atom is 0.0515 e.